The molecule has 1 aromatic rings. The molecule has 0 spiro atoms. The molecule has 0 radical (unpaired) electrons. The molecule has 2 rings (SSSR count). The van der Waals surface area contributed by atoms with Crippen LogP contribution in [0.1, 0.15) is 24.1 Å². The molecule has 0 aliphatic carbocycles. The minimum atomic E-state index is -3.44. The highest BCUT2D eigenvalue weighted by Crippen LogP contribution is 2.18. The number of benzene rings is 1. The zero-order valence-electron chi connectivity index (χ0n) is 11.3. The fraction of sp³-hybridized carbons (Fsp3) is 0.538. The molecule has 1 saturated heterocycles. The summed E-state index contributed by atoms with van der Waals surface area (Å²) in [4.78, 5) is 0. The molecule has 1 fully saturated rings. The fourth-order valence-electron chi connectivity index (χ4n) is 2.22. The summed E-state index contributed by atoms with van der Waals surface area (Å²) in [5, 5.41) is 0. The first-order valence-corrected chi connectivity index (χ1v) is 7.85. The summed E-state index contributed by atoms with van der Waals surface area (Å²) in [5.41, 5.74) is 2.08. The second-order valence-electron chi connectivity index (χ2n) is 4.71. The number of ether oxygens (including phenoxy) is 1. The van der Waals surface area contributed by atoms with Gasteiger partial charge < -0.3 is 4.74 Å². The molecule has 6 heteroatoms. The molecular weight excluding hydrogens is 264 g/mol. The molecule has 1 N–H and O–H groups in total. The first kappa shape index (κ1) is 14.5. The van der Waals surface area contributed by atoms with Crippen LogP contribution in [-0.4, -0.2) is 39.0 Å². The zero-order chi connectivity index (χ0) is 13.9. The van der Waals surface area contributed by atoms with Crippen LogP contribution in [0.25, 0.3) is 0 Å². The van der Waals surface area contributed by atoms with Crippen molar-refractivity contribution in [3.8, 4) is 0 Å². The smallest absolute Gasteiger partial charge is 0.280 e. The van der Waals surface area contributed by atoms with E-state index in [9.17, 15) is 8.42 Å². The number of nitrogens with one attached hydrogen (secondary N) is 1. The van der Waals surface area contributed by atoms with Crippen LogP contribution in [0.5, 0.6) is 0 Å². The SMILES string of the molecule is Cc1ccccc1C(C)NS(=O)(=O)N1CCOCC1. The number of morpholine rings is 1. The Bertz CT molecular complexity index is 524. The molecule has 5 nitrogen and oxygen atoms in total. The van der Waals surface area contributed by atoms with E-state index in [1.165, 1.54) is 4.31 Å². The lowest BCUT2D eigenvalue weighted by Crippen LogP contribution is -2.47. The van der Waals surface area contributed by atoms with Gasteiger partial charge >= 0.3 is 0 Å². The Morgan fingerprint density at radius 1 is 1.26 bits per heavy atom. The van der Waals surface area contributed by atoms with Crippen molar-refractivity contribution in [2.75, 3.05) is 26.3 Å². The molecule has 1 aromatic carbocycles. The Hall–Kier alpha value is -0.950. The maximum absolute atomic E-state index is 12.2. The van der Waals surface area contributed by atoms with Gasteiger partial charge in [0, 0.05) is 19.1 Å². The van der Waals surface area contributed by atoms with Crippen molar-refractivity contribution in [2.24, 2.45) is 0 Å². The Morgan fingerprint density at radius 3 is 2.53 bits per heavy atom. The van der Waals surface area contributed by atoms with E-state index in [0.717, 1.165) is 11.1 Å². The summed E-state index contributed by atoms with van der Waals surface area (Å²) < 4.78 is 33.8. The van der Waals surface area contributed by atoms with Gasteiger partial charge in [0.2, 0.25) is 0 Å². The van der Waals surface area contributed by atoms with Gasteiger partial charge in [-0.05, 0) is 25.0 Å². The van der Waals surface area contributed by atoms with Crippen molar-refractivity contribution in [2.45, 2.75) is 19.9 Å². The first-order chi connectivity index (χ1) is 9.00. The Balaban J connectivity index is 2.09. The van der Waals surface area contributed by atoms with E-state index in [1.54, 1.807) is 0 Å². The lowest BCUT2D eigenvalue weighted by Gasteiger charge is -2.28. The van der Waals surface area contributed by atoms with Crippen molar-refractivity contribution in [3.05, 3.63) is 35.4 Å². The molecule has 1 aliphatic heterocycles. The van der Waals surface area contributed by atoms with E-state index >= 15 is 0 Å². The summed E-state index contributed by atoms with van der Waals surface area (Å²) in [6.07, 6.45) is 0. The van der Waals surface area contributed by atoms with Gasteiger partial charge in [-0.15, -0.1) is 0 Å². The minimum Gasteiger partial charge on any atom is -0.379 e. The van der Waals surface area contributed by atoms with Gasteiger partial charge in [0.05, 0.1) is 13.2 Å². The van der Waals surface area contributed by atoms with Gasteiger partial charge in [-0.3, -0.25) is 0 Å². The highest BCUT2D eigenvalue weighted by Gasteiger charge is 2.26. The summed E-state index contributed by atoms with van der Waals surface area (Å²) in [7, 11) is -3.44. The molecule has 19 heavy (non-hydrogen) atoms. The van der Waals surface area contributed by atoms with Crippen LogP contribution in [0.2, 0.25) is 0 Å². The zero-order valence-corrected chi connectivity index (χ0v) is 12.1. The average Bonchev–Trinajstić information content (AvgIpc) is 2.39. The molecule has 0 amide bonds. The van der Waals surface area contributed by atoms with E-state index in [2.05, 4.69) is 4.72 Å². The minimum absolute atomic E-state index is 0.242. The van der Waals surface area contributed by atoms with Gasteiger partial charge in [-0.2, -0.15) is 17.4 Å². The topological polar surface area (TPSA) is 58.6 Å². The highest BCUT2D eigenvalue weighted by molar-refractivity contribution is 7.87. The predicted octanol–water partition coefficient (Wildman–Crippen LogP) is 1.22. The molecule has 1 atom stereocenters. The van der Waals surface area contributed by atoms with Crippen LogP contribution < -0.4 is 4.72 Å². The molecule has 106 valence electrons. The van der Waals surface area contributed by atoms with Gasteiger partial charge in [-0.25, -0.2) is 0 Å². The van der Waals surface area contributed by atoms with Crippen LogP contribution in [0, 0.1) is 6.92 Å². The predicted molar refractivity (Wildman–Crippen MR) is 74.0 cm³/mol. The summed E-state index contributed by atoms with van der Waals surface area (Å²) in [6, 6.07) is 7.55. The van der Waals surface area contributed by atoms with E-state index in [-0.39, 0.29) is 6.04 Å². The normalized spacial score (nSPS) is 19.3. The molecule has 0 bridgehead atoms. The van der Waals surface area contributed by atoms with E-state index in [0.29, 0.717) is 26.3 Å². The van der Waals surface area contributed by atoms with Crippen LogP contribution in [0.4, 0.5) is 0 Å². The molecule has 1 unspecified atom stereocenters. The Kier molecular flexibility index (Phi) is 4.57. The second kappa shape index (κ2) is 6.00. The van der Waals surface area contributed by atoms with Crippen LogP contribution in [-0.2, 0) is 14.9 Å². The van der Waals surface area contributed by atoms with Crippen molar-refractivity contribution < 1.29 is 13.2 Å². The highest BCUT2D eigenvalue weighted by atomic mass is 32.2. The number of hydrogen-bond acceptors (Lipinski definition) is 3. The maximum Gasteiger partial charge on any atom is 0.280 e. The maximum atomic E-state index is 12.2. The van der Waals surface area contributed by atoms with E-state index in [4.69, 9.17) is 4.74 Å². The van der Waals surface area contributed by atoms with Gasteiger partial charge in [-0.1, -0.05) is 24.3 Å². The van der Waals surface area contributed by atoms with Gasteiger partial charge in [0.25, 0.3) is 10.2 Å². The van der Waals surface area contributed by atoms with Crippen molar-refractivity contribution in [1.82, 2.24) is 9.03 Å². The number of rotatable bonds is 4. The number of nitrogens with zero attached hydrogens (tertiary/aromatic N) is 1. The monoisotopic (exact) mass is 284 g/mol. The van der Waals surface area contributed by atoms with Crippen LogP contribution in [0.3, 0.4) is 0 Å². The average molecular weight is 284 g/mol. The summed E-state index contributed by atoms with van der Waals surface area (Å²) >= 11 is 0. The van der Waals surface area contributed by atoms with Crippen molar-refractivity contribution >= 4 is 10.2 Å². The number of aryl methyl sites for hydroxylation is 1. The molecule has 0 aromatic heterocycles. The van der Waals surface area contributed by atoms with Crippen molar-refractivity contribution in [3.63, 3.8) is 0 Å². The molecular formula is C13H20N2O3S. The van der Waals surface area contributed by atoms with E-state index in [1.807, 2.05) is 38.1 Å². The van der Waals surface area contributed by atoms with E-state index < -0.39 is 10.2 Å². The first-order valence-electron chi connectivity index (χ1n) is 6.41. The third-order valence-corrected chi connectivity index (χ3v) is 4.99. The third-order valence-electron chi connectivity index (χ3n) is 3.29. The summed E-state index contributed by atoms with van der Waals surface area (Å²) in [6.45, 7) is 5.58. The fourth-order valence-corrected chi connectivity index (χ4v) is 3.57. The van der Waals surface area contributed by atoms with Crippen LogP contribution >= 0.6 is 0 Å². The molecule has 1 heterocycles. The number of hydrogen-bond donors (Lipinski definition) is 1. The quantitative estimate of drug-likeness (QED) is 0.904. The van der Waals surface area contributed by atoms with Crippen LogP contribution in [0.15, 0.2) is 24.3 Å². The largest absolute Gasteiger partial charge is 0.379 e. The Labute approximate surface area is 114 Å². The standard InChI is InChI=1S/C13H20N2O3S/c1-11-5-3-4-6-13(11)12(2)14-19(16,17)15-7-9-18-10-8-15/h3-6,12,14H,7-10H2,1-2H3. The van der Waals surface area contributed by atoms with Crippen molar-refractivity contribution in [1.29, 1.82) is 0 Å². The lowest BCUT2D eigenvalue weighted by atomic mass is 10.0. The second-order valence-corrected chi connectivity index (χ2v) is 6.41. The molecule has 1 aliphatic rings. The van der Waals surface area contributed by atoms with Gasteiger partial charge in [0.15, 0.2) is 0 Å². The molecule has 0 saturated carbocycles. The summed E-state index contributed by atoms with van der Waals surface area (Å²) in [5.74, 6) is 0. The lowest BCUT2D eigenvalue weighted by molar-refractivity contribution is 0.0723. The van der Waals surface area contributed by atoms with Gasteiger partial charge in [0.1, 0.15) is 0 Å². The third kappa shape index (κ3) is 3.54. The Morgan fingerprint density at radius 2 is 1.89 bits per heavy atom.